The zero-order chi connectivity index (χ0) is 20.9. The lowest BCUT2D eigenvalue weighted by atomic mass is 9.75. The molecule has 5 heteroatoms. The highest BCUT2D eigenvalue weighted by atomic mass is 16.8. The molecule has 0 unspecified atom stereocenters. The molecular formula is C23H36O5. The van der Waals surface area contributed by atoms with Crippen molar-refractivity contribution in [3.05, 3.63) is 47.6 Å². The Morgan fingerprint density at radius 1 is 1.25 bits per heavy atom. The molecule has 1 aliphatic heterocycles. The van der Waals surface area contributed by atoms with E-state index in [-0.39, 0.29) is 17.4 Å². The monoisotopic (exact) mass is 392 g/mol. The Labute approximate surface area is 169 Å². The summed E-state index contributed by atoms with van der Waals surface area (Å²) in [5.41, 5.74) is 2.84. The quantitative estimate of drug-likeness (QED) is 0.713. The summed E-state index contributed by atoms with van der Waals surface area (Å²) < 4.78 is 22.9. The van der Waals surface area contributed by atoms with E-state index in [0.717, 1.165) is 24.0 Å². The molecule has 1 N–H and O–H groups in total. The molecule has 0 aromatic carbocycles. The first-order valence-electron chi connectivity index (χ1n) is 9.91. The maximum absolute atomic E-state index is 10.4. The lowest BCUT2D eigenvalue weighted by molar-refractivity contribution is -0.256. The standard InChI is InChI=1S/C23H36O5/c1-15-10-11-18-19(9-8-12-23(3,4)27-7)21(25-5)28-22(26-6)20(18)16(2)14-17(24)13-15/h8-9,12-13,17-18,20-22,24H,2,10-11,14H2,1,3-7H3/b12-8+,15-13-,19-9?/t17-,18+,20-,21-,22-/m0/s1. The molecule has 2 rings (SSSR count). The molecule has 5 nitrogen and oxygen atoms in total. The van der Waals surface area contributed by atoms with Gasteiger partial charge in [-0.05, 0) is 51.5 Å². The van der Waals surface area contributed by atoms with Gasteiger partial charge in [0, 0.05) is 27.2 Å². The Balaban J connectivity index is 2.44. The van der Waals surface area contributed by atoms with E-state index in [1.165, 1.54) is 5.57 Å². The topological polar surface area (TPSA) is 57.2 Å². The van der Waals surface area contributed by atoms with E-state index in [9.17, 15) is 5.11 Å². The molecule has 0 radical (unpaired) electrons. The van der Waals surface area contributed by atoms with E-state index >= 15 is 0 Å². The molecule has 0 amide bonds. The number of rotatable bonds is 5. The highest BCUT2D eigenvalue weighted by molar-refractivity contribution is 5.27. The van der Waals surface area contributed by atoms with Crippen LogP contribution in [0.15, 0.2) is 47.6 Å². The van der Waals surface area contributed by atoms with E-state index < -0.39 is 18.7 Å². The van der Waals surface area contributed by atoms with Crippen molar-refractivity contribution < 1.29 is 24.1 Å². The first kappa shape index (κ1) is 23.0. The number of hydrogen-bond acceptors (Lipinski definition) is 5. The van der Waals surface area contributed by atoms with Crippen LogP contribution in [-0.2, 0) is 18.9 Å². The highest BCUT2D eigenvalue weighted by Gasteiger charge is 2.43. The summed E-state index contributed by atoms with van der Waals surface area (Å²) in [5.74, 6) is 0.112. The van der Waals surface area contributed by atoms with Crippen LogP contribution < -0.4 is 0 Å². The minimum absolute atomic E-state index is 0.0413. The summed E-state index contributed by atoms with van der Waals surface area (Å²) >= 11 is 0. The van der Waals surface area contributed by atoms with Crippen LogP contribution in [-0.4, -0.2) is 50.7 Å². The Kier molecular flexibility index (Phi) is 8.22. The van der Waals surface area contributed by atoms with Crippen LogP contribution in [0.4, 0.5) is 0 Å². The second-order valence-electron chi connectivity index (χ2n) is 8.25. The second kappa shape index (κ2) is 9.99. The molecular weight excluding hydrogens is 356 g/mol. The predicted molar refractivity (Wildman–Crippen MR) is 111 cm³/mol. The summed E-state index contributed by atoms with van der Waals surface area (Å²) in [7, 11) is 4.98. The van der Waals surface area contributed by atoms with Gasteiger partial charge in [0.05, 0.1) is 11.7 Å². The van der Waals surface area contributed by atoms with Crippen LogP contribution in [0.1, 0.15) is 40.0 Å². The minimum atomic E-state index is -0.529. The van der Waals surface area contributed by atoms with Gasteiger partial charge in [-0.3, -0.25) is 0 Å². The van der Waals surface area contributed by atoms with Crippen LogP contribution in [0.3, 0.4) is 0 Å². The fraction of sp³-hybridized carbons (Fsp3) is 0.652. The van der Waals surface area contributed by atoms with Gasteiger partial charge in [0.25, 0.3) is 0 Å². The van der Waals surface area contributed by atoms with Crippen molar-refractivity contribution in [3.8, 4) is 0 Å². The molecule has 1 saturated heterocycles. The van der Waals surface area contributed by atoms with Crippen LogP contribution in [0.2, 0.25) is 0 Å². The molecule has 1 heterocycles. The zero-order valence-corrected chi connectivity index (χ0v) is 18.1. The van der Waals surface area contributed by atoms with Crippen LogP contribution in [0, 0.1) is 11.8 Å². The third-order valence-electron chi connectivity index (χ3n) is 5.71. The maximum atomic E-state index is 10.4. The summed E-state index contributed by atoms with van der Waals surface area (Å²) in [4.78, 5) is 0. The molecule has 0 saturated carbocycles. The van der Waals surface area contributed by atoms with Gasteiger partial charge >= 0.3 is 0 Å². The molecule has 2 aliphatic rings. The molecule has 0 bridgehead atoms. The van der Waals surface area contributed by atoms with Crippen molar-refractivity contribution in [2.24, 2.45) is 11.8 Å². The first-order chi connectivity index (χ1) is 13.2. The fourth-order valence-corrected chi connectivity index (χ4v) is 3.99. The third kappa shape index (κ3) is 5.65. The number of fused-ring (bicyclic) bond motifs is 1. The van der Waals surface area contributed by atoms with Crippen LogP contribution in [0.25, 0.3) is 0 Å². The Morgan fingerprint density at radius 3 is 2.57 bits per heavy atom. The fourth-order valence-electron chi connectivity index (χ4n) is 3.99. The second-order valence-corrected chi connectivity index (χ2v) is 8.25. The van der Waals surface area contributed by atoms with Crippen molar-refractivity contribution in [2.75, 3.05) is 21.3 Å². The molecule has 0 aromatic heterocycles. The molecule has 1 fully saturated rings. The zero-order valence-electron chi connectivity index (χ0n) is 18.1. The lowest BCUT2D eigenvalue weighted by Crippen LogP contribution is -2.45. The van der Waals surface area contributed by atoms with Gasteiger partial charge in [-0.25, -0.2) is 0 Å². The van der Waals surface area contributed by atoms with E-state index in [2.05, 4.69) is 19.6 Å². The molecule has 158 valence electrons. The van der Waals surface area contributed by atoms with Crippen LogP contribution >= 0.6 is 0 Å². The lowest BCUT2D eigenvalue weighted by Gasteiger charge is -2.43. The van der Waals surface area contributed by atoms with Gasteiger partial charge in [0.2, 0.25) is 0 Å². The van der Waals surface area contributed by atoms with Gasteiger partial charge in [0.15, 0.2) is 12.6 Å². The largest absolute Gasteiger partial charge is 0.389 e. The molecule has 28 heavy (non-hydrogen) atoms. The highest BCUT2D eigenvalue weighted by Crippen LogP contribution is 2.44. The van der Waals surface area contributed by atoms with E-state index in [1.54, 1.807) is 21.3 Å². The van der Waals surface area contributed by atoms with E-state index in [4.69, 9.17) is 18.9 Å². The van der Waals surface area contributed by atoms with Crippen molar-refractivity contribution in [2.45, 2.75) is 64.3 Å². The van der Waals surface area contributed by atoms with Gasteiger partial charge < -0.3 is 24.1 Å². The van der Waals surface area contributed by atoms with Crippen molar-refractivity contribution in [3.63, 3.8) is 0 Å². The molecule has 0 spiro atoms. The normalized spacial score (nSPS) is 35.8. The average molecular weight is 393 g/mol. The number of methoxy groups -OCH3 is 3. The van der Waals surface area contributed by atoms with Gasteiger partial charge in [0.1, 0.15) is 0 Å². The van der Waals surface area contributed by atoms with Crippen molar-refractivity contribution in [1.82, 2.24) is 0 Å². The SMILES string of the molecule is C=C1C[C@@H](O)/C=C(/C)CC[C@@H]2C(=C/C=C/C(C)(C)OC)[C@@H](OC)O[C@H](OC)[C@@H]12. The average Bonchev–Trinajstić information content (AvgIpc) is 2.70. The minimum Gasteiger partial charge on any atom is -0.389 e. The molecule has 1 aliphatic carbocycles. The number of allylic oxidation sites excluding steroid dienone is 3. The Hall–Kier alpha value is -1.24. The van der Waals surface area contributed by atoms with Gasteiger partial charge in [-0.15, -0.1) is 0 Å². The summed E-state index contributed by atoms with van der Waals surface area (Å²) in [6.07, 6.45) is 8.86. The Morgan fingerprint density at radius 2 is 1.96 bits per heavy atom. The third-order valence-corrected chi connectivity index (χ3v) is 5.71. The number of hydrogen-bond donors (Lipinski definition) is 1. The van der Waals surface area contributed by atoms with E-state index in [1.807, 2.05) is 32.1 Å². The first-order valence-corrected chi connectivity index (χ1v) is 9.91. The summed E-state index contributed by atoms with van der Waals surface area (Å²) in [6.45, 7) is 10.4. The van der Waals surface area contributed by atoms with Crippen LogP contribution in [0.5, 0.6) is 0 Å². The number of aliphatic hydroxyl groups excluding tert-OH is 1. The van der Waals surface area contributed by atoms with Crippen molar-refractivity contribution >= 4 is 0 Å². The Bertz CT molecular complexity index is 631. The summed E-state index contributed by atoms with van der Waals surface area (Å²) in [5, 5.41) is 10.4. The molecule has 5 atom stereocenters. The van der Waals surface area contributed by atoms with E-state index in [0.29, 0.717) is 6.42 Å². The van der Waals surface area contributed by atoms with Gasteiger partial charge in [-0.1, -0.05) is 42.0 Å². The smallest absolute Gasteiger partial charge is 0.183 e. The van der Waals surface area contributed by atoms with Gasteiger partial charge in [-0.2, -0.15) is 0 Å². The maximum Gasteiger partial charge on any atom is 0.183 e. The predicted octanol–water partition coefficient (Wildman–Crippen LogP) is 4.15. The molecule has 0 aromatic rings. The number of aliphatic hydroxyl groups is 1. The number of ether oxygens (including phenoxy) is 4. The summed E-state index contributed by atoms with van der Waals surface area (Å²) in [6, 6.07) is 0. The van der Waals surface area contributed by atoms with Crippen molar-refractivity contribution in [1.29, 1.82) is 0 Å².